The highest BCUT2D eigenvalue weighted by molar-refractivity contribution is 5.71. The quantitative estimate of drug-likeness (QED) is 0.0261. The van der Waals surface area contributed by atoms with Gasteiger partial charge in [0.1, 0.15) is 13.2 Å². The van der Waals surface area contributed by atoms with Crippen LogP contribution in [0, 0.1) is 0 Å². The van der Waals surface area contributed by atoms with Gasteiger partial charge in [-0.2, -0.15) is 0 Å². The Kier molecular flexibility index (Phi) is 63.6. The van der Waals surface area contributed by atoms with Crippen molar-refractivity contribution in [3.63, 3.8) is 0 Å². The van der Waals surface area contributed by atoms with Crippen LogP contribution in [0.4, 0.5) is 0 Å². The number of unbranched alkanes of at least 4 members (excludes halogenated alkanes) is 49. The molecule has 0 saturated carbocycles. The van der Waals surface area contributed by atoms with Gasteiger partial charge in [0.15, 0.2) is 6.10 Å². The first-order valence-electron chi connectivity index (χ1n) is 34.3. The van der Waals surface area contributed by atoms with Crippen LogP contribution < -0.4 is 0 Å². The standard InChI is InChI=1S/C70H132O6/c1-4-7-10-13-16-19-22-25-27-29-31-33-35-37-39-41-43-45-48-51-54-57-60-63-69(72)75-66-67(65-74-68(71)62-59-56-53-50-47-24-21-18-15-12-9-6-3)76-70(73)64-61-58-55-52-49-46-44-42-40-38-36-34-32-30-28-26-23-20-17-14-11-8-5-2/h22,25,29,31,67H,4-21,23-24,26-28,30,32-66H2,1-3H3/b25-22-,31-29-. The molecular weight excluding hydrogens is 937 g/mol. The minimum absolute atomic E-state index is 0.0652. The van der Waals surface area contributed by atoms with Crippen LogP contribution in [-0.4, -0.2) is 37.2 Å². The molecule has 0 aliphatic heterocycles. The average Bonchev–Trinajstić information content (AvgIpc) is 3.42. The first kappa shape index (κ1) is 73.9. The molecule has 0 fully saturated rings. The average molecular weight is 1070 g/mol. The molecule has 0 aliphatic rings. The topological polar surface area (TPSA) is 78.9 Å². The predicted molar refractivity (Wildman–Crippen MR) is 330 cm³/mol. The summed E-state index contributed by atoms with van der Waals surface area (Å²) in [6, 6.07) is 0. The molecular formula is C70H132O6. The van der Waals surface area contributed by atoms with Crippen LogP contribution in [0.2, 0.25) is 0 Å². The highest BCUT2D eigenvalue weighted by Gasteiger charge is 2.19. The van der Waals surface area contributed by atoms with E-state index in [9.17, 15) is 14.4 Å². The van der Waals surface area contributed by atoms with Gasteiger partial charge in [-0.25, -0.2) is 0 Å². The number of hydrogen-bond acceptors (Lipinski definition) is 6. The van der Waals surface area contributed by atoms with E-state index in [1.54, 1.807) is 0 Å². The lowest BCUT2D eigenvalue weighted by Gasteiger charge is -2.18. The maximum atomic E-state index is 12.9. The van der Waals surface area contributed by atoms with Crippen molar-refractivity contribution in [3.8, 4) is 0 Å². The van der Waals surface area contributed by atoms with Crippen molar-refractivity contribution in [2.45, 2.75) is 393 Å². The molecule has 448 valence electrons. The number of carbonyl (C=O) groups excluding carboxylic acids is 3. The van der Waals surface area contributed by atoms with Crippen LogP contribution >= 0.6 is 0 Å². The highest BCUT2D eigenvalue weighted by atomic mass is 16.6. The third kappa shape index (κ3) is 62.7. The third-order valence-electron chi connectivity index (χ3n) is 15.7. The second-order valence-corrected chi connectivity index (χ2v) is 23.5. The van der Waals surface area contributed by atoms with Crippen molar-refractivity contribution in [1.29, 1.82) is 0 Å². The number of rotatable bonds is 64. The Hall–Kier alpha value is -2.11. The van der Waals surface area contributed by atoms with Crippen LogP contribution in [0.1, 0.15) is 387 Å². The minimum atomic E-state index is -0.768. The summed E-state index contributed by atoms with van der Waals surface area (Å²) in [5.74, 6) is -0.837. The monoisotopic (exact) mass is 1070 g/mol. The lowest BCUT2D eigenvalue weighted by Crippen LogP contribution is -2.30. The second kappa shape index (κ2) is 65.4. The zero-order chi connectivity index (χ0) is 55.0. The first-order valence-corrected chi connectivity index (χ1v) is 34.3. The van der Waals surface area contributed by atoms with Crippen molar-refractivity contribution in [3.05, 3.63) is 24.3 Å². The molecule has 76 heavy (non-hydrogen) atoms. The lowest BCUT2D eigenvalue weighted by molar-refractivity contribution is -0.167. The van der Waals surface area contributed by atoms with Crippen molar-refractivity contribution in [2.24, 2.45) is 0 Å². The molecule has 6 heteroatoms. The van der Waals surface area contributed by atoms with Gasteiger partial charge >= 0.3 is 17.9 Å². The Morgan fingerprint density at radius 2 is 0.474 bits per heavy atom. The van der Waals surface area contributed by atoms with E-state index in [4.69, 9.17) is 14.2 Å². The van der Waals surface area contributed by atoms with Crippen LogP contribution in [0.25, 0.3) is 0 Å². The molecule has 1 atom stereocenters. The number of carbonyl (C=O) groups is 3. The van der Waals surface area contributed by atoms with Gasteiger partial charge in [-0.1, -0.05) is 340 Å². The summed E-state index contributed by atoms with van der Waals surface area (Å²) in [4.78, 5) is 38.4. The minimum Gasteiger partial charge on any atom is -0.462 e. The van der Waals surface area contributed by atoms with E-state index in [1.165, 1.54) is 283 Å². The van der Waals surface area contributed by atoms with Crippen LogP contribution in [0.3, 0.4) is 0 Å². The van der Waals surface area contributed by atoms with Gasteiger partial charge in [0, 0.05) is 19.3 Å². The first-order chi connectivity index (χ1) is 37.5. The van der Waals surface area contributed by atoms with E-state index in [2.05, 4.69) is 45.1 Å². The molecule has 0 amide bonds. The Balaban J connectivity index is 4.22. The summed E-state index contributed by atoms with van der Waals surface area (Å²) in [6.45, 7) is 6.70. The molecule has 0 aromatic rings. The molecule has 0 spiro atoms. The summed E-state index contributed by atoms with van der Waals surface area (Å²) < 4.78 is 17.0. The van der Waals surface area contributed by atoms with Crippen LogP contribution in [-0.2, 0) is 28.6 Å². The van der Waals surface area contributed by atoms with Crippen molar-refractivity contribution in [2.75, 3.05) is 13.2 Å². The predicted octanol–water partition coefficient (Wildman–Crippen LogP) is 23.4. The Morgan fingerprint density at radius 1 is 0.263 bits per heavy atom. The zero-order valence-electron chi connectivity index (χ0n) is 51.6. The molecule has 1 unspecified atom stereocenters. The Bertz CT molecular complexity index is 1230. The highest BCUT2D eigenvalue weighted by Crippen LogP contribution is 2.18. The van der Waals surface area contributed by atoms with Gasteiger partial charge in [-0.05, 0) is 51.4 Å². The molecule has 0 radical (unpaired) electrons. The molecule has 0 aliphatic carbocycles. The van der Waals surface area contributed by atoms with E-state index in [1.807, 2.05) is 0 Å². The second-order valence-electron chi connectivity index (χ2n) is 23.5. The van der Waals surface area contributed by atoms with Crippen molar-refractivity contribution >= 4 is 17.9 Å². The summed E-state index contributed by atoms with van der Waals surface area (Å²) in [7, 11) is 0. The molecule has 0 saturated heterocycles. The van der Waals surface area contributed by atoms with E-state index in [0.29, 0.717) is 19.3 Å². The SMILES string of the molecule is CCCCCCC/C=C\C/C=C\CCCCCCCCCCCCCC(=O)OCC(COC(=O)CCCCCCCCCCCCCC)OC(=O)CCCCCCCCCCCCCCCCCCCCCCCCC. The summed E-state index contributed by atoms with van der Waals surface area (Å²) in [5.41, 5.74) is 0. The molecule has 6 nitrogen and oxygen atoms in total. The van der Waals surface area contributed by atoms with E-state index in [-0.39, 0.29) is 31.1 Å². The molecule has 0 N–H and O–H groups in total. The molecule has 0 aromatic heterocycles. The number of allylic oxidation sites excluding steroid dienone is 4. The fraction of sp³-hybridized carbons (Fsp3) is 0.900. The summed E-state index contributed by atoms with van der Waals surface area (Å²) in [5, 5.41) is 0. The van der Waals surface area contributed by atoms with E-state index < -0.39 is 6.10 Å². The Labute approximate surface area is 474 Å². The zero-order valence-corrected chi connectivity index (χ0v) is 51.6. The third-order valence-corrected chi connectivity index (χ3v) is 15.7. The Morgan fingerprint density at radius 3 is 0.724 bits per heavy atom. The molecule has 0 aromatic carbocycles. The summed E-state index contributed by atoms with van der Waals surface area (Å²) in [6.07, 6.45) is 79.1. The van der Waals surface area contributed by atoms with Gasteiger partial charge in [-0.3, -0.25) is 14.4 Å². The van der Waals surface area contributed by atoms with Crippen LogP contribution in [0.5, 0.6) is 0 Å². The number of ether oxygens (including phenoxy) is 3. The normalized spacial score (nSPS) is 12.1. The smallest absolute Gasteiger partial charge is 0.306 e. The largest absolute Gasteiger partial charge is 0.462 e. The van der Waals surface area contributed by atoms with Gasteiger partial charge in [0.05, 0.1) is 0 Å². The fourth-order valence-corrected chi connectivity index (χ4v) is 10.5. The molecule has 0 rings (SSSR count). The lowest BCUT2D eigenvalue weighted by atomic mass is 10.0. The van der Waals surface area contributed by atoms with Crippen LogP contribution in [0.15, 0.2) is 24.3 Å². The van der Waals surface area contributed by atoms with Gasteiger partial charge < -0.3 is 14.2 Å². The van der Waals surface area contributed by atoms with E-state index in [0.717, 1.165) is 64.2 Å². The maximum Gasteiger partial charge on any atom is 0.306 e. The van der Waals surface area contributed by atoms with Gasteiger partial charge in [0.2, 0.25) is 0 Å². The number of esters is 3. The maximum absolute atomic E-state index is 12.9. The number of hydrogen-bond donors (Lipinski definition) is 0. The summed E-state index contributed by atoms with van der Waals surface area (Å²) >= 11 is 0. The van der Waals surface area contributed by atoms with Gasteiger partial charge in [-0.15, -0.1) is 0 Å². The molecule has 0 heterocycles. The molecule has 0 bridgehead atoms. The fourth-order valence-electron chi connectivity index (χ4n) is 10.5. The van der Waals surface area contributed by atoms with Gasteiger partial charge in [0.25, 0.3) is 0 Å². The van der Waals surface area contributed by atoms with Crippen molar-refractivity contribution in [1.82, 2.24) is 0 Å². The van der Waals surface area contributed by atoms with E-state index >= 15 is 0 Å². The van der Waals surface area contributed by atoms with Crippen molar-refractivity contribution < 1.29 is 28.6 Å².